The molecule has 0 amide bonds. The molecule has 3 rings (SSSR count). The van der Waals surface area contributed by atoms with Gasteiger partial charge in [-0.3, -0.25) is 14.0 Å². The summed E-state index contributed by atoms with van der Waals surface area (Å²) in [5.74, 6) is 0.273. The first-order chi connectivity index (χ1) is 12.0. The summed E-state index contributed by atoms with van der Waals surface area (Å²) in [4.78, 5) is 32.6. The average Bonchev–Trinajstić information content (AvgIpc) is 3.01. The topological polar surface area (TPSA) is 73.6 Å². The van der Waals surface area contributed by atoms with Crippen LogP contribution in [0.4, 0.5) is 0 Å². The predicted octanol–water partition coefficient (Wildman–Crippen LogP) is 2.86. The van der Waals surface area contributed by atoms with E-state index in [-0.39, 0.29) is 17.9 Å². The van der Waals surface area contributed by atoms with Crippen LogP contribution < -0.4 is 5.56 Å². The number of esters is 1. The number of fused-ring (bicyclic) bond motifs is 1. The summed E-state index contributed by atoms with van der Waals surface area (Å²) >= 11 is 2.97. The second-order valence-corrected chi connectivity index (χ2v) is 7.48. The van der Waals surface area contributed by atoms with Gasteiger partial charge in [0.2, 0.25) is 0 Å². The Kier molecular flexibility index (Phi) is 5.50. The third-order valence-electron chi connectivity index (χ3n) is 3.37. The van der Waals surface area contributed by atoms with Crippen LogP contribution >= 0.6 is 23.1 Å². The molecule has 8 heteroatoms. The fourth-order valence-electron chi connectivity index (χ4n) is 2.26. The van der Waals surface area contributed by atoms with Crippen LogP contribution in [0.1, 0.15) is 23.9 Å². The fraction of sp³-hybridized carbons (Fsp3) is 0.294. The van der Waals surface area contributed by atoms with E-state index in [0.29, 0.717) is 29.4 Å². The van der Waals surface area contributed by atoms with Gasteiger partial charge in [0.1, 0.15) is 5.65 Å². The van der Waals surface area contributed by atoms with Crippen LogP contribution in [-0.2, 0) is 21.7 Å². The van der Waals surface area contributed by atoms with Crippen LogP contribution in [0.15, 0.2) is 38.9 Å². The lowest BCUT2D eigenvalue weighted by atomic mass is 10.3. The summed E-state index contributed by atoms with van der Waals surface area (Å²) in [6, 6.07) is 5.32. The number of hydrogen-bond acceptors (Lipinski definition) is 7. The highest BCUT2D eigenvalue weighted by Gasteiger charge is 2.10. The van der Waals surface area contributed by atoms with Gasteiger partial charge in [-0.25, -0.2) is 9.97 Å². The number of nitrogens with zero attached hydrogens (tertiary/aromatic N) is 3. The van der Waals surface area contributed by atoms with Crippen molar-refractivity contribution in [2.75, 3.05) is 6.61 Å². The molecule has 25 heavy (non-hydrogen) atoms. The third-order valence-corrected chi connectivity index (χ3v) is 5.47. The van der Waals surface area contributed by atoms with Gasteiger partial charge < -0.3 is 4.74 Å². The second kappa shape index (κ2) is 7.79. The van der Waals surface area contributed by atoms with Crippen LogP contribution in [0.25, 0.3) is 5.65 Å². The van der Waals surface area contributed by atoms with E-state index in [9.17, 15) is 9.59 Å². The number of pyridine rings is 1. The molecule has 0 aromatic carbocycles. The van der Waals surface area contributed by atoms with Crippen molar-refractivity contribution < 1.29 is 9.53 Å². The molecule has 0 saturated carbocycles. The largest absolute Gasteiger partial charge is 0.466 e. The van der Waals surface area contributed by atoms with Crippen molar-refractivity contribution in [1.29, 1.82) is 0 Å². The number of ether oxygens (including phenoxy) is 1. The molecular formula is C17H17N3O3S2. The minimum Gasteiger partial charge on any atom is -0.466 e. The lowest BCUT2D eigenvalue weighted by Crippen LogP contribution is -2.15. The molecule has 6 nitrogen and oxygen atoms in total. The highest BCUT2D eigenvalue weighted by atomic mass is 32.2. The van der Waals surface area contributed by atoms with Gasteiger partial charge in [0.15, 0.2) is 4.34 Å². The summed E-state index contributed by atoms with van der Waals surface area (Å²) in [7, 11) is 0. The normalized spacial score (nSPS) is 11.0. The summed E-state index contributed by atoms with van der Waals surface area (Å²) in [5, 5.41) is 1.85. The van der Waals surface area contributed by atoms with E-state index in [1.54, 1.807) is 23.6 Å². The summed E-state index contributed by atoms with van der Waals surface area (Å²) in [6.07, 6.45) is 1.96. The van der Waals surface area contributed by atoms with Gasteiger partial charge in [0.05, 0.1) is 24.4 Å². The highest BCUT2D eigenvalue weighted by molar-refractivity contribution is 8.00. The maximum Gasteiger partial charge on any atom is 0.311 e. The number of aryl methyl sites for hydroxylation is 1. The minimum absolute atomic E-state index is 0.0913. The van der Waals surface area contributed by atoms with Crippen LogP contribution in [0, 0.1) is 6.92 Å². The molecule has 0 radical (unpaired) electrons. The van der Waals surface area contributed by atoms with Crippen molar-refractivity contribution in [3.63, 3.8) is 0 Å². The second-order valence-electron chi connectivity index (χ2n) is 5.40. The summed E-state index contributed by atoms with van der Waals surface area (Å²) in [6.45, 7) is 4.08. The van der Waals surface area contributed by atoms with Crippen LogP contribution in [0.2, 0.25) is 0 Å². The third kappa shape index (κ3) is 4.46. The Labute approximate surface area is 152 Å². The molecule has 0 N–H and O–H groups in total. The predicted molar refractivity (Wildman–Crippen MR) is 98.2 cm³/mol. The highest BCUT2D eigenvalue weighted by Crippen LogP contribution is 2.25. The molecule has 3 aromatic rings. The SMILES string of the molecule is CCOC(=O)Cc1csc(SCc2cc(=O)n3cc(C)ccc3n2)n1. The first kappa shape index (κ1) is 17.6. The van der Waals surface area contributed by atoms with Gasteiger partial charge in [0, 0.05) is 23.4 Å². The van der Waals surface area contributed by atoms with E-state index in [1.165, 1.54) is 23.1 Å². The van der Waals surface area contributed by atoms with Gasteiger partial charge in [0.25, 0.3) is 5.56 Å². The van der Waals surface area contributed by atoms with Gasteiger partial charge >= 0.3 is 5.97 Å². The first-order valence-corrected chi connectivity index (χ1v) is 9.63. The van der Waals surface area contributed by atoms with Crippen molar-refractivity contribution in [3.8, 4) is 0 Å². The van der Waals surface area contributed by atoms with Gasteiger partial charge in [-0.05, 0) is 25.5 Å². The molecule has 3 aromatic heterocycles. The Bertz CT molecular complexity index is 965. The maximum absolute atomic E-state index is 12.2. The number of thioether (sulfide) groups is 1. The molecule has 0 saturated heterocycles. The minimum atomic E-state index is -0.274. The van der Waals surface area contributed by atoms with Crippen molar-refractivity contribution in [1.82, 2.24) is 14.4 Å². The van der Waals surface area contributed by atoms with Crippen molar-refractivity contribution in [3.05, 3.63) is 57.1 Å². The van der Waals surface area contributed by atoms with Crippen LogP contribution in [-0.4, -0.2) is 26.9 Å². The van der Waals surface area contributed by atoms with Crippen LogP contribution in [0.5, 0.6) is 0 Å². The molecule has 130 valence electrons. The zero-order valence-electron chi connectivity index (χ0n) is 13.9. The van der Waals surface area contributed by atoms with E-state index in [4.69, 9.17) is 4.74 Å². The number of carbonyl (C=O) groups is 1. The van der Waals surface area contributed by atoms with Gasteiger partial charge in [-0.1, -0.05) is 17.8 Å². The standard InChI is InChI=1S/C17H17N3O3S2/c1-3-23-16(22)7-13-10-25-17(19-13)24-9-12-6-15(21)20-8-11(2)4-5-14(20)18-12/h4-6,8,10H,3,7,9H2,1-2H3. The number of aromatic nitrogens is 3. The summed E-state index contributed by atoms with van der Waals surface area (Å²) in [5.41, 5.74) is 2.96. The fourth-order valence-corrected chi connectivity index (χ4v) is 4.00. The Balaban J connectivity index is 1.69. The lowest BCUT2D eigenvalue weighted by Gasteiger charge is -2.04. The zero-order chi connectivity index (χ0) is 17.8. The molecule has 0 bridgehead atoms. The molecule has 0 fully saturated rings. The van der Waals surface area contributed by atoms with Crippen molar-refractivity contribution in [2.24, 2.45) is 0 Å². The molecule has 0 unspecified atom stereocenters. The van der Waals surface area contributed by atoms with E-state index in [2.05, 4.69) is 9.97 Å². The average molecular weight is 375 g/mol. The van der Waals surface area contributed by atoms with Crippen LogP contribution in [0.3, 0.4) is 0 Å². The maximum atomic E-state index is 12.2. The Hall–Kier alpha value is -2.19. The van der Waals surface area contributed by atoms with E-state index in [1.807, 2.05) is 24.4 Å². The number of carbonyl (C=O) groups excluding carboxylic acids is 1. The van der Waals surface area contributed by atoms with E-state index in [0.717, 1.165) is 9.90 Å². The van der Waals surface area contributed by atoms with E-state index < -0.39 is 0 Å². The number of thiazole rings is 1. The van der Waals surface area contributed by atoms with Gasteiger partial charge in [-0.15, -0.1) is 11.3 Å². The Morgan fingerprint density at radius 2 is 2.16 bits per heavy atom. The molecule has 0 aliphatic heterocycles. The Morgan fingerprint density at radius 1 is 1.32 bits per heavy atom. The molecule has 0 aliphatic rings. The molecule has 0 aliphatic carbocycles. The monoisotopic (exact) mass is 375 g/mol. The molecular weight excluding hydrogens is 358 g/mol. The molecule has 0 spiro atoms. The lowest BCUT2D eigenvalue weighted by molar-refractivity contribution is -0.142. The summed E-state index contributed by atoms with van der Waals surface area (Å²) < 4.78 is 7.30. The number of hydrogen-bond donors (Lipinski definition) is 0. The smallest absolute Gasteiger partial charge is 0.311 e. The number of rotatable bonds is 6. The van der Waals surface area contributed by atoms with Crippen molar-refractivity contribution in [2.45, 2.75) is 30.4 Å². The first-order valence-electron chi connectivity index (χ1n) is 7.77. The van der Waals surface area contributed by atoms with E-state index >= 15 is 0 Å². The zero-order valence-corrected chi connectivity index (χ0v) is 15.5. The molecule has 0 atom stereocenters. The molecule has 3 heterocycles. The Morgan fingerprint density at radius 3 is 2.96 bits per heavy atom. The van der Waals surface area contributed by atoms with Gasteiger partial charge in [-0.2, -0.15) is 0 Å². The quantitative estimate of drug-likeness (QED) is 0.487. The van der Waals surface area contributed by atoms with Crippen molar-refractivity contribution >= 4 is 34.7 Å².